The summed E-state index contributed by atoms with van der Waals surface area (Å²) in [5, 5.41) is 9.10. The van der Waals surface area contributed by atoms with E-state index in [4.69, 9.17) is 9.52 Å². The van der Waals surface area contributed by atoms with Crippen molar-refractivity contribution in [1.82, 2.24) is 4.98 Å². The zero-order valence-electron chi connectivity index (χ0n) is 10.8. The third-order valence-electron chi connectivity index (χ3n) is 2.72. The lowest BCUT2D eigenvalue weighted by atomic mass is 10.2. The molecule has 0 amide bonds. The van der Waals surface area contributed by atoms with Gasteiger partial charge in [0.2, 0.25) is 11.7 Å². The lowest BCUT2D eigenvalue weighted by molar-refractivity contribution is 0.0661. The number of carboxylic acid groups (broad SMARTS) is 1. The minimum absolute atomic E-state index is 0.0502. The minimum Gasteiger partial charge on any atom is -0.475 e. The lowest BCUT2D eigenvalue weighted by Crippen LogP contribution is -1.99. The van der Waals surface area contributed by atoms with Gasteiger partial charge < -0.3 is 9.52 Å². The van der Waals surface area contributed by atoms with Crippen molar-refractivity contribution in [3.05, 3.63) is 35.7 Å². The van der Waals surface area contributed by atoms with Crippen LogP contribution in [-0.2, 0) is 6.42 Å². The summed E-state index contributed by atoms with van der Waals surface area (Å²) >= 11 is 1.65. The Morgan fingerprint density at radius 1 is 1.37 bits per heavy atom. The van der Waals surface area contributed by atoms with E-state index in [0.717, 1.165) is 16.9 Å². The maximum Gasteiger partial charge on any atom is 0.373 e. The van der Waals surface area contributed by atoms with Gasteiger partial charge in [-0.15, -0.1) is 11.8 Å². The van der Waals surface area contributed by atoms with E-state index in [1.165, 1.54) is 0 Å². The van der Waals surface area contributed by atoms with E-state index in [9.17, 15) is 4.79 Å². The molecule has 2 rings (SSSR count). The van der Waals surface area contributed by atoms with Crippen molar-refractivity contribution in [3.8, 4) is 11.5 Å². The van der Waals surface area contributed by atoms with Gasteiger partial charge >= 0.3 is 5.97 Å². The van der Waals surface area contributed by atoms with E-state index >= 15 is 0 Å². The topological polar surface area (TPSA) is 63.3 Å². The fourth-order valence-electron chi connectivity index (χ4n) is 1.78. The molecule has 0 radical (unpaired) electrons. The quantitative estimate of drug-likeness (QED) is 0.844. The van der Waals surface area contributed by atoms with Crippen molar-refractivity contribution >= 4 is 17.7 Å². The van der Waals surface area contributed by atoms with E-state index in [0.29, 0.717) is 18.0 Å². The van der Waals surface area contributed by atoms with E-state index in [1.807, 2.05) is 37.4 Å². The molecule has 1 aromatic carbocycles. The first kappa shape index (κ1) is 13.7. The molecular formula is C14H15NO3S. The van der Waals surface area contributed by atoms with Gasteiger partial charge in [-0.25, -0.2) is 9.78 Å². The van der Waals surface area contributed by atoms with E-state index in [1.54, 1.807) is 11.8 Å². The van der Waals surface area contributed by atoms with Crippen molar-refractivity contribution in [2.24, 2.45) is 0 Å². The average molecular weight is 277 g/mol. The van der Waals surface area contributed by atoms with E-state index in [2.05, 4.69) is 4.98 Å². The van der Waals surface area contributed by atoms with Crippen molar-refractivity contribution in [2.75, 3.05) is 6.26 Å². The Labute approximate surface area is 115 Å². The number of aromatic nitrogens is 1. The molecule has 19 heavy (non-hydrogen) atoms. The fraction of sp³-hybridized carbons (Fsp3) is 0.286. The Morgan fingerprint density at radius 3 is 2.58 bits per heavy atom. The summed E-state index contributed by atoms with van der Waals surface area (Å²) in [6.07, 6.45) is 3.44. The van der Waals surface area contributed by atoms with Gasteiger partial charge in [0.25, 0.3) is 0 Å². The molecule has 5 heteroatoms. The first-order valence-corrected chi connectivity index (χ1v) is 7.25. The van der Waals surface area contributed by atoms with Crippen LogP contribution in [0.1, 0.15) is 29.6 Å². The third-order valence-corrected chi connectivity index (χ3v) is 3.46. The van der Waals surface area contributed by atoms with Crippen LogP contribution in [-0.4, -0.2) is 22.3 Å². The number of carboxylic acids is 1. The van der Waals surface area contributed by atoms with Gasteiger partial charge in [0.15, 0.2) is 0 Å². The second-order valence-corrected chi connectivity index (χ2v) is 4.96. The predicted octanol–water partition coefficient (Wildman–Crippen LogP) is 3.71. The van der Waals surface area contributed by atoms with Crippen molar-refractivity contribution in [1.29, 1.82) is 0 Å². The highest BCUT2D eigenvalue weighted by atomic mass is 32.2. The number of carbonyl (C=O) groups is 1. The van der Waals surface area contributed by atoms with Crippen molar-refractivity contribution in [2.45, 2.75) is 24.7 Å². The number of benzene rings is 1. The number of nitrogens with zero attached hydrogens (tertiary/aromatic N) is 1. The highest BCUT2D eigenvalue weighted by Gasteiger charge is 2.19. The van der Waals surface area contributed by atoms with Crippen LogP contribution in [0.2, 0.25) is 0 Å². The first-order chi connectivity index (χ1) is 9.15. The summed E-state index contributed by atoms with van der Waals surface area (Å²) in [6, 6.07) is 7.70. The van der Waals surface area contributed by atoms with Crippen LogP contribution < -0.4 is 0 Å². The van der Waals surface area contributed by atoms with Crippen LogP contribution in [0, 0.1) is 0 Å². The molecule has 0 aliphatic heterocycles. The molecule has 0 atom stereocenters. The summed E-state index contributed by atoms with van der Waals surface area (Å²) in [5.41, 5.74) is 1.31. The highest BCUT2D eigenvalue weighted by molar-refractivity contribution is 7.98. The van der Waals surface area contributed by atoms with Crippen LogP contribution >= 0.6 is 11.8 Å². The Hall–Kier alpha value is -1.75. The average Bonchev–Trinajstić information content (AvgIpc) is 2.83. The number of aryl methyl sites for hydroxylation is 1. The monoisotopic (exact) mass is 277 g/mol. The smallest absolute Gasteiger partial charge is 0.373 e. The Morgan fingerprint density at radius 2 is 2.05 bits per heavy atom. The molecule has 0 fully saturated rings. The lowest BCUT2D eigenvalue weighted by Gasteiger charge is -1.97. The summed E-state index contributed by atoms with van der Waals surface area (Å²) in [6.45, 7) is 1.98. The minimum atomic E-state index is -1.07. The summed E-state index contributed by atoms with van der Waals surface area (Å²) in [5.74, 6) is -0.748. The Kier molecular flexibility index (Phi) is 4.27. The number of aromatic carboxylic acids is 1. The SMILES string of the molecule is CCCc1nc(-c2ccc(SC)cc2)oc1C(=O)O. The molecule has 1 aromatic heterocycles. The van der Waals surface area contributed by atoms with Gasteiger partial charge in [0, 0.05) is 10.5 Å². The van der Waals surface area contributed by atoms with E-state index < -0.39 is 5.97 Å². The maximum atomic E-state index is 11.1. The second-order valence-electron chi connectivity index (χ2n) is 4.08. The molecule has 0 bridgehead atoms. The zero-order chi connectivity index (χ0) is 13.8. The second kappa shape index (κ2) is 5.93. The van der Waals surface area contributed by atoms with Gasteiger partial charge in [-0.1, -0.05) is 13.3 Å². The van der Waals surface area contributed by atoms with Crippen molar-refractivity contribution < 1.29 is 14.3 Å². The fourth-order valence-corrected chi connectivity index (χ4v) is 2.19. The molecule has 1 N–H and O–H groups in total. The normalized spacial score (nSPS) is 10.6. The standard InChI is InChI=1S/C14H15NO3S/c1-3-4-11-12(14(16)17)18-13(15-11)9-5-7-10(19-2)8-6-9/h5-8H,3-4H2,1-2H3,(H,16,17). The Balaban J connectivity index is 2.38. The molecule has 2 aromatic rings. The largest absolute Gasteiger partial charge is 0.475 e. The number of hydrogen-bond acceptors (Lipinski definition) is 4. The molecule has 0 unspecified atom stereocenters. The predicted molar refractivity (Wildman–Crippen MR) is 74.7 cm³/mol. The van der Waals surface area contributed by atoms with E-state index in [-0.39, 0.29) is 5.76 Å². The molecule has 1 heterocycles. The summed E-state index contributed by atoms with van der Waals surface area (Å²) in [4.78, 5) is 16.5. The molecule has 0 saturated carbocycles. The van der Waals surface area contributed by atoms with Gasteiger partial charge in [0.05, 0.1) is 5.69 Å². The molecule has 0 saturated heterocycles. The van der Waals surface area contributed by atoms with Gasteiger partial charge in [-0.3, -0.25) is 0 Å². The maximum absolute atomic E-state index is 11.1. The van der Waals surface area contributed by atoms with Crippen LogP contribution in [0.5, 0.6) is 0 Å². The molecule has 0 spiro atoms. The molecule has 100 valence electrons. The highest BCUT2D eigenvalue weighted by Crippen LogP contribution is 2.25. The number of oxazole rings is 1. The summed E-state index contributed by atoms with van der Waals surface area (Å²) < 4.78 is 5.37. The van der Waals surface area contributed by atoms with Gasteiger partial charge in [-0.2, -0.15) is 0 Å². The molecular weight excluding hydrogens is 262 g/mol. The van der Waals surface area contributed by atoms with Crippen LogP contribution in [0.15, 0.2) is 33.6 Å². The molecule has 0 aliphatic carbocycles. The van der Waals surface area contributed by atoms with Gasteiger partial charge in [-0.05, 0) is 36.9 Å². The summed E-state index contributed by atoms with van der Waals surface area (Å²) in [7, 11) is 0. The van der Waals surface area contributed by atoms with Crippen LogP contribution in [0.4, 0.5) is 0 Å². The first-order valence-electron chi connectivity index (χ1n) is 6.03. The zero-order valence-corrected chi connectivity index (χ0v) is 11.7. The van der Waals surface area contributed by atoms with Gasteiger partial charge in [0.1, 0.15) is 0 Å². The third kappa shape index (κ3) is 2.98. The van der Waals surface area contributed by atoms with Crippen LogP contribution in [0.25, 0.3) is 11.5 Å². The Bertz CT molecular complexity index is 575. The molecule has 4 nitrogen and oxygen atoms in total. The number of thioether (sulfide) groups is 1. The van der Waals surface area contributed by atoms with Crippen molar-refractivity contribution in [3.63, 3.8) is 0 Å². The molecule has 0 aliphatic rings. The number of hydrogen-bond donors (Lipinski definition) is 1. The number of rotatable bonds is 5. The van der Waals surface area contributed by atoms with Crippen LogP contribution in [0.3, 0.4) is 0 Å².